The molecule has 0 heterocycles. The van der Waals surface area contributed by atoms with Crippen molar-refractivity contribution in [2.24, 2.45) is 0 Å². The van der Waals surface area contributed by atoms with Gasteiger partial charge in [-0.25, -0.2) is 0 Å². The zero-order valence-electron chi connectivity index (χ0n) is 12.2. The van der Waals surface area contributed by atoms with Crippen molar-refractivity contribution in [2.45, 2.75) is 76.7 Å². The van der Waals surface area contributed by atoms with Crippen LogP contribution in [0.1, 0.15) is 59.3 Å². The van der Waals surface area contributed by atoms with Crippen molar-refractivity contribution in [3.63, 3.8) is 0 Å². The van der Waals surface area contributed by atoms with Crippen LogP contribution in [0.5, 0.6) is 0 Å². The van der Waals surface area contributed by atoms with Crippen LogP contribution in [0.15, 0.2) is 12.7 Å². The fourth-order valence-electron chi connectivity index (χ4n) is 2.66. The Hall–Kier alpha value is 0.499. The Balaban J connectivity index is 4.69. The predicted molar refractivity (Wildman–Crippen MR) is 81.1 cm³/mol. The Morgan fingerprint density at radius 2 is 1.29 bits per heavy atom. The van der Waals surface area contributed by atoms with Crippen molar-refractivity contribution in [1.29, 1.82) is 0 Å². The van der Waals surface area contributed by atoms with E-state index in [9.17, 15) is 5.11 Å². The third kappa shape index (κ3) is 6.28. The van der Waals surface area contributed by atoms with E-state index in [1.807, 2.05) is 6.08 Å². The number of aliphatic hydroxyl groups excluding tert-OH is 1. The van der Waals surface area contributed by atoms with Crippen LogP contribution in [0.4, 0.5) is 0 Å². The number of aliphatic hydroxyl groups is 1. The molecule has 0 aromatic rings. The molecule has 0 aliphatic rings. The van der Waals surface area contributed by atoms with Gasteiger partial charge in [0.1, 0.15) is 0 Å². The van der Waals surface area contributed by atoms with Crippen LogP contribution in [0.3, 0.4) is 0 Å². The van der Waals surface area contributed by atoms with Gasteiger partial charge in [-0.15, -0.1) is 0 Å². The van der Waals surface area contributed by atoms with Gasteiger partial charge in [-0.1, -0.05) is 0 Å². The van der Waals surface area contributed by atoms with Gasteiger partial charge in [-0.3, -0.25) is 0 Å². The molecule has 0 saturated heterocycles. The van der Waals surface area contributed by atoms with Crippen LogP contribution in [0.25, 0.3) is 0 Å². The maximum absolute atomic E-state index is 10.4. The van der Waals surface area contributed by atoms with Gasteiger partial charge in [0.25, 0.3) is 0 Å². The summed E-state index contributed by atoms with van der Waals surface area (Å²) in [6.45, 7) is 10.6. The average Bonchev–Trinajstić information content (AvgIpc) is 2.37. The molecule has 17 heavy (non-hydrogen) atoms. The first-order chi connectivity index (χ1) is 8.16. The summed E-state index contributed by atoms with van der Waals surface area (Å²) in [5.74, 6) is 0. The van der Waals surface area contributed by atoms with Crippen LogP contribution in [-0.2, 0) is 0 Å². The van der Waals surface area contributed by atoms with Crippen LogP contribution in [-0.4, -0.2) is 27.6 Å². The molecule has 0 bridgehead atoms. The Bertz CT molecular complexity index is 170. The quantitative estimate of drug-likeness (QED) is 0.415. The first kappa shape index (κ1) is 17.5. The van der Waals surface area contributed by atoms with Crippen molar-refractivity contribution >= 4 is 18.4 Å². The van der Waals surface area contributed by atoms with Gasteiger partial charge in [-0.2, -0.15) is 0 Å². The second-order valence-electron chi connectivity index (χ2n) is 5.35. The molecule has 0 saturated carbocycles. The number of rotatable bonds is 11. The van der Waals surface area contributed by atoms with Crippen LogP contribution < -0.4 is 0 Å². The molecule has 0 unspecified atom stereocenters. The van der Waals surface area contributed by atoms with Crippen LogP contribution in [0, 0.1) is 0 Å². The molecule has 0 aromatic heterocycles. The summed E-state index contributed by atoms with van der Waals surface area (Å²) in [7, 11) is 0. The maximum atomic E-state index is 10.4. The van der Waals surface area contributed by atoms with E-state index in [0.29, 0.717) is 0 Å². The zero-order valence-corrected chi connectivity index (χ0v) is 15.0. The monoisotopic (exact) mass is 348 g/mol. The first-order valence-electron chi connectivity index (χ1n) is 7.47. The predicted octanol–water partition coefficient (Wildman–Crippen LogP) is 4.92. The number of hydrogen-bond donors (Lipinski definition) is 1. The molecule has 0 fully saturated rings. The third-order valence-corrected chi connectivity index (χ3v) is 19.7. The van der Waals surface area contributed by atoms with E-state index in [1.165, 1.54) is 51.8 Å². The minimum absolute atomic E-state index is 0.117. The van der Waals surface area contributed by atoms with Crippen molar-refractivity contribution in [2.75, 3.05) is 0 Å². The molecule has 0 aliphatic carbocycles. The van der Waals surface area contributed by atoms with Crippen LogP contribution in [0.2, 0.25) is 13.3 Å². The van der Waals surface area contributed by atoms with E-state index in [0.717, 1.165) is 0 Å². The van der Waals surface area contributed by atoms with E-state index in [2.05, 4.69) is 27.4 Å². The molecule has 1 N–H and O–H groups in total. The Morgan fingerprint density at radius 1 is 0.941 bits per heavy atom. The molecule has 102 valence electrons. The summed E-state index contributed by atoms with van der Waals surface area (Å²) in [5, 5.41) is 10.4. The Kier molecular flexibility index (Phi) is 10.7. The molecule has 0 aromatic carbocycles. The van der Waals surface area contributed by atoms with E-state index >= 15 is 0 Å². The zero-order chi connectivity index (χ0) is 13.1. The molecule has 0 spiro atoms. The van der Waals surface area contributed by atoms with Gasteiger partial charge in [0.05, 0.1) is 0 Å². The second kappa shape index (κ2) is 10.4. The molecule has 0 amide bonds. The van der Waals surface area contributed by atoms with E-state index in [-0.39, 0.29) is 4.12 Å². The molecule has 0 radical (unpaired) electrons. The summed E-state index contributed by atoms with van der Waals surface area (Å²) < 4.78 is 3.96. The molecule has 2 heteroatoms. The van der Waals surface area contributed by atoms with E-state index < -0.39 is 18.4 Å². The minimum atomic E-state index is -2.36. The normalized spacial score (nSPS) is 13.6. The fraction of sp³-hybridized carbons (Fsp3) is 0.867. The molecule has 0 aliphatic heterocycles. The first-order valence-corrected chi connectivity index (χ1v) is 15.2. The van der Waals surface area contributed by atoms with Gasteiger partial charge >= 0.3 is 113 Å². The molecule has 0 rings (SSSR count). The summed E-state index contributed by atoms with van der Waals surface area (Å²) in [6, 6.07) is 0. The van der Waals surface area contributed by atoms with Gasteiger partial charge in [0.15, 0.2) is 0 Å². The van der Waals surface area contributed by atoms with Crippen molar-refractivity contribution in [3.8, 4) is 0 Å². The molecule has 1 nitrogen and oxygen atoms in total. The summed E-state index contributed by atoms with van der Waals surface area (Å²) in [5.41, 5.74) is 0. The van der Waals surface area contributed by atoms with E-state index in [1.54, 1.807) is 0 Å². The number of unbranched alkanes of at least 4 members (excludes halogenated alkanes) is 3. The van der Waals surface area contributed by atoms with Crippen LogP contribution >= 0.6 is 0 Å². The SMILES string of the molecule is C=C[C@@H](O)[Sn]([CH2]CCC)([CH2]CCC)[CH2]CCC. The van der Waals surface area contributed by atoms with Crippen molar-refractivity contribution in [1.82, 2.24) is 0 Å². The van der Waals surface area contributed by atoms with Gasteiger partial charge in [0, 0.05) is 0 Å². The number of hydrogen-bond acceptors (Lipinski definition) is 1. The standard InChI is InChI=1S/3C4H9.C3H5O.Sn/c3*1-3-4-2;1-2-3-4;/h3*1,3-4H2,2H3;2-4H,1H2;. The summed E-state index contributed by atoms with van der Waals surface area (Å²) in [4.78, 5) is 0. The van der Waals surface area contributed by atoms with Crippen molar-refractivity contribution in [3.05, 3.63) is 12.7 Å². The average molecular weight is 347 g/mol. The Labute approximate surface area is 113 Å². The molecule has 1 atom stereocenters. The summed E-state index contributed by atoms with van der Waals surface area (Å²) in [6.07, 6.45) is 9.58. The summed E-state index contributed by atoms with van der Waals surface area (Å²) >= 11 is -2.36. The topological polar surface area (TPSA) is 20.2 Å². The Morgan fingerprint density at radius 3 is 1.53 bits per heavy atom. The third-order valence-electron chi connectivity index (χ3n) is 3.94. The molecular formula is C15H32OSn. The fourth-order valence-corrected chi connectivity index (χ4v) is 17.8. The van der Waals surface area contributed by atoms with Gasteiger partial charge in [0.2, 0.25) is 0 Å². The van der Waals surface area contributed by atoms with E-state index in [4.69, 9.17) is 0 Å². The second-order valence-corrected chi connectivity index (χ2v) is 19.1. The molecular weight excluding hydrogens is 315 g/mol. The van der Waals surface area contributed by atoms with Gasteiger partial charge in [-0.05, 0) is 0 Å². The van der Waals surface area contributed by atoms with Gasteiger partial charge < -0.3 is 0 Å². The van der Waals surface area contributed by atoms with Crippen molar-refractivity contribution < 1.29 is 5.11 Å².